The molecule has 0 spiro atoms. The lowest BCUT2D eigenvalue weighted by atomic mass is 9.73. The zero-order chi connectivity index (χ0) is 27.0. The molecule has 2 aliphatic heterocycles. The molecule has 2 heterocycles. The number of carbonyl (C=O) groups excluding carboxylic acids is 1. The van der Waals surface area contributed by atoms with Gasteiger partial charge in [0, 0.05) is 32.3 Å². The highest BCUT2D eigenvalue weighted by Gasteiger charge is 2.50. The van der Waals surface area contributed by atoms with Gasteiger partial charge in [-0.2, -0.15) is 26.3 Å². The fraction of sp³-hybridized carbons (Fsp3) is 0.720. The van der Waals surface area contributed by atoms with E-state index in [9.17, 15) is 26.4 Å². The third-order valence-corrected chi connectivity index (χ3v) is 8.92. The van der Waals surface area contributed by atoms with Gasteiger partial charge >= 0.3 is 6.18 Å². The minimum absolute atomic E-state index is 0.00703. The lowest BCUT2D eigenvalue weighted by Crippen LogP contribution is -2.51. The van der Waals surface area contributed by atoms with Crippen LogP contribution < -0.4 is 15.2 Å². The third kappa shape index (κ3) is 6.47. The van der Waals surface area contributed by atoms with Crippen molar-refractivity contribution in [2.24, 2.45) is 22.4 Å². The Morgan fingerprint density at radius 1 is 1.24 bits per heavy atom. The monoisotopic (exact) mass is 546 g/mol. The molecule has 1 aliphatic carbocycles. The molecule has 1 saturated heterocycles. The van der Waals surface area contributed by atoms with Crippen LogP contribution in [0.25, 0.3) is 0 Å². The molecule has 8 nitrogen and oxygen atoms in total. The Bertz CT molecular complexity index is 1090. The molecule has 4 N–H and O–H groups in total. The van der Waals surface area contributed by atoms with Gasteiger partial charge in [0.2, 0.25) is 5.91 Å². The van der Waals surface area contributed by atoms with Crippen LogP contribution in [0.2, 0.25) is 0 Å². The number of alkyl halides is 3. The second-order valence-corrected chi connectivity index (χ2v) is 12.4. The average Bonchev–Trinajstić information content (AvgIpc) is 3.27. The van der Waals surface area contributed by atoms with Crippen molar-refractivity contribution in [1.29, 1.82) is 0 Å². The zero-order valence-corrected chi connectivity index (χ0v) is 22.1. The number of nitrogens with one attached hydrogen (secondary N) is 2. The van der Waals surface area contributed by atoms with E-state index in [2.05, 4.69) is 10.0 Å². The van der Waals surface area contributed by atoms with Crippen molar-refractivity contribution in [1.82, 2.24) is 14.9 Å². The fourth-order valence-corrected chi connectivity index (χ4v) is 6.77. The molecule has 0 bridgehead atoms. The van der Waals surface area contributed by atoms with Crippen LogP contribution in [-0.4, -0.2) is 51.6 Å². The minimum Gasteiger partial charge on any atom is -0.381 e. The molecule has 208 valence electrons. The second kappa shape index (κ2) is 10.8. The fourth-order valence-electron chi connectivity index (χ4n) is 6.17. The van der Waals surface area contributed by atoms with Gasteiger partial charge in [0.05, 0.1) is 17.0 Å². The van der Waals surface area contributed by atoms with Gasteiger partial charge in [-0.15, -0.1) is 0 Å². The summed E-state index contributed by atoms with van der Waals surface area (Å²) >= 11 is 0. The van der Waals surface area contributed by atoms with Crippen molar-refractivity contribution in [2.45, 2.75) is 70.8 Å². The number of rotatable bonds is 7. The summed E-state index contributed by atoms with van der Waals surface area (Å²) in [5.74, 6) is 0.183. The summed E-state index contributed by atoms with van der Waals surface area (Å²) in [6.45, 7) is 6.30. The Balaban J connectivity index is 1.55. The number of amides is 1. The number of hydrogen-bond acceptors (Lipinski definition) is 5. The number of benzene rings is 1. The Kier molecular flexibility index (Phi) is 8.25. The lowest BCUT2D eigenvalue weighted by molar-refractivity contribution is -0.146. The molecule has 4 rings (SSSR count). The van der Waals surface area contributed by atoms with Crippen molar-refractivity contribution < 1.29 is 31.1 Å². The number of ether oxygens (including phenoxy) is 1. The SMILES string of the molecule is CC(C)[C@]1(C(=O)N2Cc3cc(C(F)(F)F)ccc3C(NS(N)(=O)=O)C2)CCC(CNC2CCOCC2)C1. The van der Waals surface area contributed by atoms with E-state index in [1.165, 1.54) is 11.0 Å². The minimum atomic E-state index is -4.56. The largest absolute Gasteiger partial charge is 0.416 e. The first kappa shape index (κ1) is 28.3. The molecule has 1 aromatic rings. The van der Waals surface area contributed by atoms with Gasteiger partial charge in [-0.1, -0.05) is 19.9 Å². The van der Waals surface area contributed by atoms with Crippen LogP contribution in [0.4, 0.5) is 13.2 Å². The first-order valence-corrected chi connectivity index (χ1v) is 14.4. The summed E-state index contributed by atoms with van der Waals surface area (Å²) in [4.78, 5) is 15.6. The van der Waals surface area contributed by atoms with Crippen molar-refractivity contribution >= 4 is 16.1 Å². The normalized spacial score (nSPS) is 27.5. The number of nitrogens with zero attached hydrogens (tertiary/aromatic N) is 1. The van der Waals surface area contributed by atoms with Crippen LogP contribution in [0, 0.1) is 17.3 Å². The standard InChI is InChI=1S/C25H37F3N4O4S/c1-16(2)24(8-5-17(12-24)13-30-20-6-9-36-10-7-20)23(33)32-14-18-11-19(25(26,27)28)3-4-21(18)22(15-32)31-37(29,34)35/h3-4,11,16-17,20,22,30-31H,5-10,12-15H2,1-2H3,(H2,29,34,35)/t17?,22?,24-/m0/s1. The Labute approximate surface area is 216 Å². The summed E-state index contributed by atoms with van der Waals surface area (Å²) in [7, 11) is -4.16. The number of halogens is 3. The highest BCUT2D eigenvalue weighted by molar-refractivity contribution is 7.87. The van der Waals surface area contributed by atoms with E-state index in [-0.39, 0.29) is 30.5 Å². The van der Waals surface area contributed by atoms with Gasteiger partial charge < -0.3 is 15.0 Å². The number of nitrogens with two attached hydrogens (primary N) is 1. The van der Waals surface area contributed by atoms with Crippen molar-refractivity contribution in [3.8, 4) is 0 Å². The molecule has 2 unspecified atom stereocenters. The van der Waals surface area contributed by atoms with Gasteiger partial charge in [-0.25, -0.2) is 5.14 Å². The maximum Gasteiger partial charge on any atom is 0.416 e. The van der Waals surface area contributed by atoms with E-state index in [4.69, 9.17) is 9.88 Å². The highest BCUT2D eigenvalue weighted by Crippen LogP contribution is 2.49. The smallest absolute Gasteiger partial charge is 0.381 e. The number of carbonyl (C=O) groups is 1. The van der Waals surface area contributed by atoms with Gasteiger partial charge in [-0.05, 0) is 73.7 Å². The van der Waals surface area contributed by atoms with Crippen LogP contribution in [-0.2, 0) is 32.5 Å². The molecule has 1 amide bonds. The Morgan fingerprint density at radius 2 is 1.95 bits per heavy atom. The van der Waals surface area contributed by atoms with E-state index in [1.807, 2.05) is 13.8 Å². The third-order valence-electron chi connectivity index (χ3n) is 8.30. The summed E-state index contributed by atoms with van der Waals surface area (Å²) in [5.41, 5.74) is -0.832. The highest BCUT2D eigenvalue weighted by atomic mass is 32.2. The van der Waals surface area contributed by atoms with Gasteiger partial charge in [0.15, 0.2) is 0 Å². The molecule has 1 saturated carbocycles. The van der Waals surface area contributed by atoms with E-state index >= 15 is 0 Å². The summed E-state index contributed by atoms with van der Waals surface area (Å²) < 4.78 is 71.7. The van der Waals surface area contributed by atoms with Gasteiger partial charge in [0.1, 0.15) is 0 Å². The van der Waals surface area contributed by atoms with Crippen LogP contribution in [0.5, 0.6) is 0 Å². The van der Waals surface area contributed by atoms with E-state index < -0.39 is 33.4 Å². The van der Waals surface area contributed by atoms with Crippen LogP contribution in [0.1, 0.15) is 68.7 Å². The number of hydrogen-bond donors (Lipinski definition) is 3. The predicted octanol–water partition coefficient (Wildman–Crippen LogP) is 3.09. The molecule has 3 atom stereocenters. The van der Waals surface area contributed by atoms with Crippen molar-refractivity contribution in [3.05, 3.63) is 34.9 Å². The van der Waals surface area contributed by atoms with Crippen molar-refractivity contribution in [3.63, 3.8) is 0 Å². The lowest BCUT2D eigenvalue weighted by Gasteiger charge is -2.42. The molecular formula is C25H37F3N4O4S. The first-order chi connectivity index (χ1) is 17.3. The molecule has 37 heavy (non-hydrogen) atoms. The van der Waals surface area contributed by atoms with E-state index in [0.29, 0.717) is 30.4 Å². The Hall–Kier alpha value is -1.73. The maximum atomic E-state index is 14.1. The van der Waals surface area contributed by atoms with Gasteiger partial charge in [0.25, 0.3) is 10.2 Å². The van der Waals surface area contributed by atoms with Crippen molar-refractivity contribution in [2.75, 3.05) is 26.3 Å². The molecule has 2 fully saturated rings. The molecule has 0 aromatic heterocycles. The molecule has 1 aromatic carbocycles. The molecule has 12 heteroatoms. The van der Waals surface area contributed by atoms with Crippen LogP contribution in [0.15, 0.2) is 18.2 Å². The van der Waals surface area contributed by atoms with Crippen LogP contribution in [0.3, 0.4) is 0 Å². The number of fused-ring (bicyclic) bond motifs is 1. The molecule has 3 aliphatic rings. The molecule has 0 radical (unpaired) electrons. The quantitative estimate of drug-likeness (QED) is 0.487. The summed E-state index contributed by atoms with van der Waals surface area (Å²) in [6.07, 6.45) is -0.387. The van der Waals surface area contributed by atoms with E-state index in [1.54, 1.807) is 0 Å². The zero-order valence-electron chi connectivity index (χ0n) is 21.3. The topological polar surface area (TPSA) is 114 Å². The average molecular weight is 547 g/mol. The second-order valence-electron chi connectivity index (χ2n) is 11.0. The maximum absolute atomic E-state index is 14.1. The van der Waals surface area contributed by atoms with Gasteiger partial charge in [-0.3, -0.25) is 4.79 Å². The first-order valence-electron chi connectivity index (χ1n) is 12.9. The van der Waals surface area contributed by atoms with Crippen LogP contribution >= 0.6 is 0 Å². The molecular weight excluding hydrogens is 509 g/mol. The summed E-state index contributed by atoms with van der Waals surface area (Å²) in [5, 5.41) is 8.84. The Morgan fingerprint density at radius 3 is 2.57 bits per heavy atom. The van der Waals surface area contributed by atoms with E-state index in [0.717, 1.165) is 51.2 Å². The predicted molar refractivity (Wildman–Crippen MR) is 132 cm³/mol. The summed E-state index contributed by atoms with van der Waals surface area (Å²) in [6, 6.07) is 2.68.